The molecule has 0 aliphatic rings. The van der Waals surface area contributed by atoms with E-state index in [-0.39, 0.29) is 54.1 Å². The van der Waals surface area contributed by atoms with Gasteiger partial charge in [0.2, 0.25) is 5.91 Å². The number of carbonyl (C=O) groups is 1. The van der Waals surface area contributed by atoms with Crippen LogP contribution in [0.2, 0.25) is 0 Å². The van der Waals surface area contributed by atoms with Crippen LogP contribution in [0.25, 0.3) is 0 Å². The Hall–Kier alpha value is -2.07. The number of nitrogens with zero attached hydrogens (tertiary/aromatic N) is 1. The summed E-state index contributed by atoms with van der Waals surface area (Å²) < 4.78 is 10.5. The Balaban J connectivity index is 0. The number of amides is 1. The summed E-state index contributed by atoms with van der Waals surface area (Å²) in [7, 11) is 1.56. The molecule has 0 aromatic heterocycles. The molecule has 0 aliphatic heterocycles. The summed E-state index contributed by atoms with van der Waals surface area (Å²) in [4.78, 5) is 22.1. The second kappa shape index (κ2) is 14.1. The van der Waals surface area contributed by atoms with E-state index >= 15 is 0 Å². The molecule has 1 aromatic carbocycles. The molecule has 0 heterocycles. The number of nitro benzene ring substituents is 1. The highest BCUT2D eigenvalue weighted by atomic mass is 35.5. The largest absolute Gasteiger partial charge is 0.491 e. The topological polar surface area (TPSA) is 143 Å². The number of hydrogen-bond donors (Lipinski definition) is 3. The van der Waals surface area contributed by atoms with Crippen molar-refractivity contribution in [2.45, 2.75) is 6.42 Å². The van der Waals surface area contributed by atoms with E-state index in [1.54, 1.807) is 19.3 Å². The van der Waals surface area contributed by atoms with Gasteiger partial charge in [-0.2, -0.15) is 0 Å². The lowest BCUT2D eigenvalue weighted by molar-refractivity contribution is -0.384. The fourth-order valence-corrected chi connectivity index (χ4v) is 1.90. The van der Waals surface area contributed by atoms with Crippen LogP contribution in [-0.2, 0) is 4.74 Å². The molecule has 0 saturated heterocycles. The first-order valence-electron chi connectivity index (χ1n) is 7.34. The Bertz CT molecular complexity index is 614. The molecule has 0 aliphatic carbocycles. The Morgan fingerprint density at radius 3 is 2.54 bits per heavy atom. The van der Waals surface area contributed by atoms with E-state index in [0.29, 0.717) is 26.1 Å². The summed E-state index contributed by atoms with van der Waals surface area (Å²) in [6.45, 7) is 1.45. The maximum atomic E-state index is 11.4. The van der Waals surface area contributed by atoms with Crippen LogP contribution in [0, 0.1) is 10.1 Å². The first-order chi connectivity index (χ1) is 11.5. The molecule has 26 heavy (non-hydrogen) atoms. The molecular formula is C15H24Cl2N4O5. The molecule has 9 nitrogen and oxygen atoms in total. The number of benzene rings is 1. The molecule has 0 unspecified atom stereocenters. The number of carbonyl (C=O) groups excluding carboxylic acids is 1. The van der Waals surface area contributed by atoms with Crippen molar-refractivity contribution in [3.63, 3.8) is 0 Å². The molecule has 0 bridgehead atoms. The zero-order chi connectivity index (χ0) is 17.9. The van der Waals surface area contributed by atoms with Crippen molar-refractivity contribution in [3.8, 4) is 5.75 Å². The van der Waals surface area contributed by atoms with Crippen LogP contribution < -0.4 is 21.5 Å². The number of nitro groups is 1. The number of rotatable bonds is 11. The average Bonchev–Trinajstić information content (AvgIpc) is 2.55. The standard InChI is InChI=1S/C15H22N4O5.2ClH/c1-23-7-4-8-24-13-10-11(15(17)20)9-12(19(21)22)14(13)18-6-3-2-5-16;;/h2-3,9-10,18H,4-8,16H2,1H3,(H2,17,20);2*1H. The highest BCUT2D eigenvalue weighted by Gasteiger charge is 2.22. The van der Waals surface area contributed by atoms with Crippen LogP contribution in [0.4, 0.5) is 11.4 Å². The van der Waals surface area contributed by atoms with E-state index in [1.165, 1.54) is 6.07 Å². The SMILES string of the molecule is COCCCOc1cc(C(N)=O)cc([N+](=O)[O-])c1NCC=CCN.Cl.Cl. The van der Waals surface area contributed by atoms with Gasteiger partial charge >= 0.3 is 0 Å². The monoisotopic (exact) mass is 410 g/mol. The smallest absolute Gasteiger partial charge is 0.296 e. The number of nitrogens with two attached hydrogens (primary N) is 2. The molecular weight excluding hydrogens is 387 g/mol. The van der Waals surface area contributed by atoms with Crippen LogP contribution in [0.15, 0.2) is 24.3 Å². The zero-order valence-corrected chi connectivity index (χ0v) is 15.9. The molecule has 0 radical (unpaired) electrons. The Morgan fingerprint density at radius 1 is 1.31 bits per heavy atom. The summed E-state index contributed by atoms with van der Waals surface area (Å²) in [5.74, 6) is -0.579. The predicted octanol–water partition coefficient (Wildman–Crippen LogP) is 1.88. The lowest BCUT2D eigenvalue weighted by Crippen LogP contribution is -2.14. The van der Waals surface area contributed by atoms with Crippen LogP contribution in [0.3, 0.4) is 0 Å². The Kier molecular flexibility index (Phi) is 14.2. The average molecular weight is 411 g/mol. The van der Waals surface area contributed by atoms with Gasteiger partial charge in [-0.1, -0.05) is 12.2 Å². The highest BCUT2D eigenvalue weighted by molar-refractivity contribution is 5.95. The van der Waals surface area contributed by atoms with Gasteiger partial charge in [0.1, 0.15) is 5.75 Å². The molecule has 148 valence electrons. The second-order valence-electron chi connectivity index (χ2n) is 4.77. The number of methoxy groups -OCH3 is 1. The molecule has 0 atom stereocenters. The van der Waals surface area contributed by atoms with Gasteiger partial charge in [0, 0.05) is 44.9 Å². The summed E-state index contributed by atoms with van der Waals surface area (Å²) >= 11 is 0. The number of halogens is 2. The summed E-state index contributed by atoms with van der Waals surface area (Å²) in [6.07, 6.45) is 4.05. The van der Waals surface area contributed by atoms with Gasteiger partial charge in [0.05, 0.1) is 11.5 Å². The van der Waals surface area contributed by atoms with Crippen LogP contribution in [0.1, 0.15) is 16.8 Å². The normalized spacial score (nSPS) is 9.92. The molecule has 1 amide bonds. The Labute approximate surface area is 164 Å². The molecule has 11 heteroatoms. The van der Waals surface area contributed by atoms with Gasteiger partial charge in [0.15, 0.2) is 5.69 Å². The first kappa shape index (κ1) is 26.2. The van der Waals surface area contributed by atoms with Crippen molar-refractivity contribution in [2.24, 2.45) is 11.5 Å². The second-order valence-corrected chi connectivity index (χ2v) is 4.77. The van der Waals surface area contributed by atoms with Gasteiger partial charge in [0.25, 0.3) is 5.69 Å². The maximum absolute atomic E-state index is 11.4. The van der Waals surface area contributed by atoms with Crippen LogP contribution >= 0.6 is 24.8 Å². The minimum absolute atomic E-state index is 0. The van der Waals surface area contributed by atoms with Gasteiger partial charge in [-0.15, -0.1) is 24.8 Å². The van der Waals surface area contributed by atoms with E-state index in [9.17, 15) is 14.9 Å². The molecule has 0 spiro atoms. The van der Waals surface area contributed by atoms with Crippen LogP contribution in [-0.4, -0.2) is 44.2 Å². The number of nitrogens with one attached hydrogen (secondary N) is 1. The number of anilines is 1. The third kappa shape index (κ3) is 8.34. The van der Waals surface area contributed by atoms with Gasteiger partial charge in [-0.05, 0) is 6.07 Å². The maximum Gasteiger partial charge on any atom is 0.296 e. The first-order valence-corrected chi connectivity index (χ1v) is 7.34. The third-order valence-electron chi connectivity index (χ3n) is 3.01. The number of primary amides is 1. The van der Waals surface area contributed by atoms with Crippen molar-refractivity contribution < 1.29 is 19.2 Å². The molecule has 5 N–H and O–H groups in total. The molecule has 0 fully saturated rings. The fraction of sp³-hybridized carbons (Fsp3) is 0.400. The van der Waals surface area contributed by atoms with Crippen LogP contribution in [0.5, 0.6) is 5.75 Å². The minimum atomic E-state index is -0.769. The lowest BCUT2D eigenvalue weighted by atomic mass is 10.1. The summed E-state index contributed by atoms with van der Waals surface area (Å²) in [5.41, 5.74) is 10.5. The zero-order valence-electron chi connectivity index (χ0n) is 14.3. The molecule has 1 rings (SSSR count). The van der Waals surface area contributed by atoms with Crippen molar-refractivity contribution in [3.05, 3.63) is 40.0 Å². The van der Waals surface area contributed by atoms with Gasteiger partial charge in [-0.25, -0.2) is 0 Å². The Morgan fingerprint density at radius 2 is 2.00 bits per heavy atom. The van der Waals surface area contributed by atoms with E-state index in [2.05, 4.69) is 5.32 Å². The number of ether oxygens (including phenoxy) is 2. The predicted molar refractivity (Wildman–Crippen MR) is 105 cm³/mol. The van der Waals surface area contributed by atoms with Crippen molar-refractivity contribution >= 4 is 42.1 Å². The summed E-state index contributed by atoms with van der Waals surface area (Å²) in [6, 6.07) is 2.51. The molecule has 0 saturated carbocycles. The van der Waals surface area contributed by atoms with Crippen molar-refractivity contribution in [1.29, 1.82) is 0 Å². The van der Waals surface area contributed by atoms with Gasteiger partial charge < -0.3 is 26.3 Å². The van der Waals surface area contributed by atoms with E-state index in [0.717, 1.165) is 6.07 Å². The van der Waals surface area contributed by atoms with Crippen molar-refractivity contribution in [1.82, 2.24) is 0 Å². The van der Waals surface area contributed by atoms with E-state index < -0.39 is 10.8 Å². The minimum Gasteiger partial charge on any atom is -0.491 e. The summed E-state index contributed by atoms with van der Waals surface area (Å²) in [5, 5.41) is 14.2. The van der Waals surface area contributed by atoms with E-state index in [1.807, 2.05) is 0 Å². The van der Waals surface area contributed by atoms with Crippen molar-refractivity contribution in [2.75, 3.05) is 38.7 Å². The molecule has 1 aromatic rings. The third-order valence-corrected chi connectivity index (χ3v) is 3.01. The fourth-order valence-electron chi connectivity index (χ4n) is 1.90. The van der Waals surface area contributed by atoms with E-state index in [4.69, 9.17) is 20.9 Å². The van der Waals surface area contributed by atoms with Gasteiger partial charge in [-0.3, -0.25) is 14.9 Å². The lowest BCUT2D eigenvalue weighted by Gasteiger charge is -2.14. The highest BCUT2D eigenvalue weighted by Crippen LogP contribution is 2.36. The quantitative estimate of drug-likeness (QED) is 0.218. The number of hydrogen-bond acceptors (Lipinski definition) is 7.